The molecule has 0 aliphatic rings. The molecule has 1 aromatic rings. The van der Waals surface area contributed by atoms with Crippen molar-refractivity contribution in [1.82, 2.24) is 15.4 Å². The highest BCUT2D eigenvalue weighted by atomic mass is 16.5. The van der Waals surface area contributed by atoms with Gasteiger partial charge in [-0.1, -0.05) is 19.0 Å². The van der Waals surface area contributed by atoms with Crippen LogP contribution in [-0.2, 0) is 6.54 Å². The zero-order valence-corrected chi connectivity index (χ0v) is 9.92. The third-order valence-corrected chi connectivity index (χ3v) is 2.48. The van der Waals surface area contributed by atoms with Gasteiger partial charge in [0.15, 0.2) is 5.76 Å². The van der Waals surface area contributed by atoms with E-state index in [1.807, 2.05) is 13.0 Å². The molecule has 15 heavy (non-hydrogen) atoms. The molecular weight excluding hydrogens is 190 g/mol. The van der Waals surface area contributed by atoms with Gasteiger partial charge in [-0.05, 0) is 20.0 Å². The summed E-state index contributed by atoms with van der Waals surface area (Å²) in [6.07, 6.45) is 0. The number of nitrogens with one attached hydrogen (secondary N) is 1. The zero-order chi connectivity index (χ0) is 11.1. The number of hydrogen-bond acceptors (Lipinski definition) is 4. The number of nitrogens with zero attached hydrogens (tertiary/aromatic N) is 2. The highest BCUT2D eigenvalue weighted by Gasteiger charge is 2.01. The third-order valence-electron chi connectivity index (χ3n) is 2.48. The quantitative estimate of drug-likeness (QED) is 0.692. The molecule has 1 aromatic heterocycles. The molecule has 4 nitrogen and oxygen atoms in total. The molecule has 1 heterocycles. The van der Waals surface area contributed by atoms with E-state index in [4.69, 9.17) is 4.52 Å². The van der Waals surface area contributed by atoms with E-state index in [1.54, 1.807) is 0 Å². The van der Waals surface area contributed by atoms with E-state index in [1.165, 1.54) is 0 Å². The third kappa shape index (κ3) is 4.44. The Balaban J connectivity index is 2.11. The number of rotatable bonds is 7. The summed E-state index contributed by atoms with van der Waals surface area (Å²) in [5, 5.41) is 7.18. The van der Waals surface area contributed by atoms with Crippen molar-refractivity contribution >= 4 is 0 Å². The van der Waals surface area contributed by atoms with Gasteiger partial charge in [0, 0.05) is 19.2 Å². The summed E-state index contributed by atoms with van der Waals surface area (Å²) in [7, 11) is 0. The van der Waals surface area contributed by atoms with Crippen LogP contribution in [0.2, 0.25) is 0 Å². The molecule has 0 fully saturated rings. The smallest absolute Gasteiger partial charge is 0.150 e. The van der Waals surface area contributed by atoms with Gasteiger partial charge < -0.3 is 14.7 Å². The fourth-order valence-electron chi connectivity index (χ4n) is 1.49. The summed E-state index contributed by atoms with van der Waals surface area (Å²) in [6, 6.07) is 1.96. The Bertz CT molecular complexity index is 269. The van der Waals surface area contributed by atoms with Gasteiger partial charge in [0.2, 0.25) is 0 Å². The van der Waals surface area contributed by atoms with Crippen molar-refractivity contribution in [3.05, 3.63) is 17.5 Å². The number of hydrogen-bond donors (Lipinski definition) is 1. The molecule has 0 bridgehead atoms. The lowest BCUT2D eigenvalue weighted by atomic mass is 10.4. The van der Waals surface area contributed by atoms with Crippen LogP contribution in [0.15, 0.2) is 10.6 Å². The van der Waals surface area contributed by atoms with Crippen LogP contribution < -0.4 is 5.32 Å². The van der Waals surface area contributed by atoms with Crippen molar-refractivity contribution in [2.24, 2.45) is 0 Å². The van der Waals surface area contributed by atoms with E-state index in [0.717, 1.165) is 44.2 Å². The van der Waals surface area contributed by atoms with Crippen LogP contribution in [0.25, 0.3) is 0 Å². The van der Waals surface area contributed by atoms with E-state index < -0.39 is 0 Å². The molecule has 0 aliphatic heterocycles. The van der Waals surface area contributed by atoms with Crippen molar-refractivity contribution in [3.8, 4) is 0 Å². The molecule has 1 N–H and O–H groups in total. The van der Waals surface area contributed by atoms with E-state index in [-0.39, 0.29) is 0 Å². The molecule has 0 unspecified atom stereocenters. The van der Waals surface area contributed by atoms with E-state index in [0.29, 0.717) is 0 Å². The van der Waals surface area contributed by atoms with Gasteiger partial charge in [0.25, 0.3) is 0 Å². The Kier molecular flexibility index (Phi) is 5.36. The standard InChI is InChI=1S/C11H21N3O/c1-4-14(5-2)7-6-12-9-11-8-10(3)13-15-11/h8,12H,4-7,9H2,1-3H3. The molecule has 0 spiro atoms. The average molecular weight is 211 g/mol. The largest absolute Gasteiger partial charge is 0.360 e. The molecule has 0 atom stereocenters. The molecule has 0 amide bonds. The maximum atomic E-state index is 5.10. The first kappa shape index (κ1) is 12.2. The van der Waals surface area contributed by atoms with E-state index >= 15 is 0 Å². The maximum Gasteiger partial charge on any atom is 0.150 e. The molecule has 0 radical (unpaired) electrons. The molecule has 0 saturated heterocycles. The minimum atomic E-state index is 0.766. The summed E-state index contributed by atoms with van der Waals surface area (Å²) in [5.74, 6) is 0.909. The fraction of sp³-hybridized carbons (Fsp3) is 0.727. The molecule has 86 valence electrons. The Labute approximate surface area is 91.6 Å². The van der Waals surface area contributed by atoms with Crippen molar-refractivity contribution in [2.75, 3.05) is 26.2 Å². The second kappa shape index (κ2) is 6.58. The second-order valence-electron chi connectivity index (χ2n) is 3.64. The monoisotopic (exact) mass is 211 g/mol. The first-order valence-electron chi connectivity index (χ1n) is 5.61. The van der Waals surface area contributed by atoms with E-state index in [9.17, 15) is 0 Å². The SMILES string of the molecule is CCN(CC)CCNCc1cc(C)no1. The molecule has 0 saturated carbocycles. The molecular formula is C11H21N3O. The highest BCUT2D eigenvalue weighted by Crippen LogP contribution is 2.00. The lowest BCUT2D eigenvalue weighted by Gasteiger charge is -2.17. The second-order valence-corrected chi connectivity index (χ2v) is 3.64. The summed E-state index contributed by atoms with van der Waals surface area (Å²) in [6.45, 7) is 11.4. The maximum absolute atomic E-state index is 5.10. The van der Waals surface area contributed by atoms with Crippen LogP contribution in [0.3, 0.4) is 0 Å². The fourth-order valence-corrected chi connectivity index (χ4v) is 1.49. The molecule has 0 aliphatic carbocycles. The van der Waals surface area contributed by atoms with Gasteiger partial charge in [-0.15, -0.1) is 0 Å². The van der Waals surface area contributed by atoms with Gasteiger partial charge >= 0.3 is 0 Å². The van der Waals surface area contributed by atoms with Crippen LogP contribution in [0.4, 0.5) is 0 Å². The summed E-state index contributed by atoms with van der Waals surface area (Å²) in [5.41, 5.74) is 0.940. The Morgan fingerprint density at radius 2 is 2.13 bits per heavy atom. The van der Waals surface area contributed by atoms with Crippen LogP contribution in [-0.4, -0.2) is 36.2 Å². The topological polar surface area (TPSA) is 41.3 Å². The Hall–Kier alpha value is -0.870. The summed E-state index contributed by atoms with van der Waals surface area (Å²) in [4.78, 5) is 2.39. The normalized spacial score (nSPS) is 11.2. The first-order valence-corrected chi connectivity index (χ1v) is 5.61. The van der Waals surface area contributed by atoms with Crippen molar-refractivity contribution < 1.29 is 4.52 Å². The van der Waals surface area contributed by atoms with Gasteiger partial charge in [-0.2, -0.15) is 0 Å². The number of aromatic nitrogens is 1. The van der Waals surface area contributed by atoms with Crippen LogP contribution in [0.5, 0.6) is 0 Å². The molecule has 0 aromatic carbocycles. The predicted octanol–water partition coefficient (Wildman–Crippen LogP) is 1.41. The summed E-state index contributed by atoms with van der Waals surface area (Å²) >= 11 is 0. The van der Waals surface area contributed by atoms with E-state index in [2.05, 4.69) is 29.2 Å². The minimum Gasteiger partial charge on any atom is -0.360 e. The first-order chi connectivity index (χ1) is 7.26. The average Bonchev–Trinajstić information content (AvgIpc) is 2.65. The zero-order valence-electron chi connectivity index (χ0n) is 9.92. The Morgan fingerprint density at radius 3 is 2.67 bits per heavy atom. The van der Waals surface area contributed by atoms with Gasteiger partial charge in [0.05, 0.1) is 12.2 Å². The van der Waals surface area contributed by atoms with Crippen LogP contribution in [0.1, 0.15) is 25.3 Å². The van der Waals surface area contributed by atoms with Crippen molar-refractivity contribution in [1.29, 1.82) is 0 Å². The lowest BCUT2D eigenvalue weighted by Crippen LogP contribution is -2.31. The van der Waals surface area contributed by atoms with Crippen LogP contribution in [0, 0.1) is 6.92 Å². The van der Waals surface area contributed by atoms with Crippen molar-refractivity contribution in [2.45, 2.75) is 27.3 Å². The van der Waals surface area contributed by atoms with Crippen molar-refractivity contribution in [3.63, 3.8) is 0 Å². The van der Waals surface area contributed by atoms with Gasteiger partial charge in [-0.25, -0.2) is 0 Å². The molecule has 4 heteroatoms. The van der Waals surface area contributed by atoms with Gasteiger partial charge in [-0.3, -0.25) is 0 Å². The Morgan fingerprint density at radius 1 is 1.40 bits per heavy atom. The van der Waals surface area contributed by atoms with Crippen LogP contribution >= 0.6 is 0 Å². The summed E-state index contributed by atoms with van der Waals surface area (Å²) < 4.78 is 5.10. The van der Waals surface area contributed by atoms with Gasteiger partial charge in [0.1, 0.15) is 0 Å². The number of aryl methyl sites for hydroxylation is 1. The highest BCUT2D eigenvalue weighted by molar-refractivity contribution is 5.02. The minimum absolute atomic E-state index is 0.766. The number of likely N-dealkylation sites (N-methyl/N-ethyl adjacent to an activating group) is 1. The lowest BCUT2D eigenvalue weighted by molar-refractivity contribution is 0.297. The predicted molar refractivity (Wildman–Crippen MR) is 60.7 cm³/mol. The molecule has 1 rings (SSSR count).